The van der Waals surface area contributed by atoms with Crippen LogP contribution in [-0.4, -0.2) is 29.3 Å². The first kappa shape index (κ1) is 14.9. The van der Waals surface area contributed by atoms with Gasteiger partial charge < -0.3 is 16.0 Å². The van der Waals surface area contributed by atoms with E-state index in [1.807, 2.05) is 13.4 Å². The maximum absolute atomic E-state index is 6.30. The van der Waals surface area contributed by atoms with Gasteiger partial charge in [-0.05, 0) is 37.3 Å². The molecule has 2 fully saturated rings. The number of benzene rings is 1. The van der Waals surface area contributed by atoms with Crippen molar-refractivity contribution in [3.05, 3.63) is 41.5 Å². The summed E-state index contributed by atoms with van der Waals surface area (Å²) in [5.74, 6) is 0.986. The van der Waals surface area contributed by atoms with Crippen LogP contribution in [0, 0.1) is 0 Å². The molecule has 0 atom stereocenters. The Bertz CT molecular complexity index is 847. The molecule has 0 amide bonds. The number of nitrogens with one attached hydrogen (secondary N) is 1. The standard InChI is InChI=1S/C20H23N5/c1-25-11-16-18(22-12-25)10-17(24-19(16)23-15-6-7-15)13-2-4-14(5-3-13)20(21)8-9-20/h2-5,10,12,15H,6-9,11,21H2,1H3,(H,23,24). The number of pyridine rings is 1. The predicted octanol–water partition coefficient (Wildman–Crippen LogP) is 3.38. The summed E-state index contributed by atoms with van der Waals surface area (Å²) in [4.78, 5) is 11.6. The molecule has 2 aromatic rings. The summed E-state index contributed by atoms with van der Waals surface area (Å²) in [7, 11) is 2.04. The zero-order valence-electron chi connectivity index (χ0n) is 14.5. The highest BCUT2D eigenvalue weighted by Gasteiger charge is 2.39. The third-order valence-corrected chi connectivity index (χ3v) is 5.36. The van der Waals surface area contributed by atoms with Crippen molar-refractivity contribution in [2.24, 2.45) is 10.7 Å². The average Bonchev–Trinajstić information content (AvgIpc) is 3.54. The number of aromatic nitrogens is 1. The summed E-state index contributed by atoms with van der Waals surface area (Å²) >= 11 is 0. The monoisotopic (exact) mass is 333 g/mol. The first-order chi connectivity index (χ1) is 12.1. The van der Waals surface area contributed by atoms with Crippen molar-refractivity contribution in [1.29, 1.82) is 0 Å². The lowest BCUT2D eigenvalue weighted by molar-refractivity contribution is 0.509. The minimum absolute atomic E-state index is 0.0879. The van der Waals surface area contributed by atoms with Crippen molar-refractivity contribution >= 4 is 17.8 Å². The largest absolute Gasteiger partial charge is 0.367 e. The highest BCUT2D eigenvalue weighted by molar-refractivity contribution is 5.76. The highest BCUT2D eigenvalue weighted by Crippen LogP contribution is 2.43. The number of hydrogen-bond donors (Lipinski definition) is 2. The van der Waals surface area contributed by atoms with Gasteiger partial charge >= 0.3 is 0 Å². The minimum Gasteiger partial charge on any atom is -0.367 e. The van der Waals surface area contributed by atoms with Crippen molar-refractivity contribution in [2.45, 2.75) is 43.8 Å². The minimum atomic E-state index is -0.0879. The molecule has 0 saturated heterocycles. The summed E-state index contributed by atoms with van der Waals surface area (Å²) in [6.07, 6.45) is 6.52. The highest BCUT2D eigenvalue weighted by atomic mass is 15.2. The van der Waals surface area contributed by atoms with E-state index in [-0.39, 0.29) is 5.54 Å². The van der Waals surface area contributed by atoms with Gasteiger partial charge in [-0.1, -0.05) is 24.3 Å². The van der Waals surface area contributed by atoms with E-state index in [2.05, 4.69) is 45.5 Å². The summed E-state index contributed by atoms with van der Waals surface area (Å²) in [5.41, 5.74) is 11.7. The molecule has 0 unspecified atom stereocenters. The van der Waals surface area contributed by atoms with Crippen LogP contribution in [0.2, 0.25) is 0 Å². The van der Waals surface area contributed by atoms with Gasteiger partial charge in [0.05, 0.1) is 17.7 Å². The molecule has 1 aromatic heterocycles. The third kappa shape index (κ3) is 2.78. The van der Waals surface area contributed by atoms with Gasteiger partial charge in [-0.2, -0.15) is 0 Å². The molecule has 1 aliphatic heterocycles. The van der Waals surface area contributed by atoms with Gasteiger partial charge in [-0.15, -0.1) is 0 Å². The Morgan fingerprint density at radius 2 is 1.96 bits per heavy atom. The van der Waals surface area contributed by atoms with Crippen molar-refractivity contribution in [3.8, 4) is 11.3 Å². The Hall–Kier alpha value is -2.40. The summed E-state index contributed by atoms with van der Waals surface area (Å²) in [6, 6.07) is 11.2. The van der Waals surface area contributed by atoms with E-state index in [1.54, 1.807) is 0 Å². The van der Waals surface area contributed by atoms with E-state index in [9.17, 15) is 0 Å². The van der Waals surface area contributed by atoms with E-state index in [0.29, 0.717) is 6.04 Å². The van der Waals surface area contributed by atoms with Crippen LogP contribution < -0.4 is 11.1 Å². The number of aliphatic imine (C=N–C) groups is 1. The molecule has 3 aliphatic rings. The van der Waals surface area contributed by atoms with Crippen LogP contribution in [0.15, 0.2) is 35.3 Å². The van der Waals surface area contributed by atoms with Gasteiger partial charge in [0.15, 0.2) is 0 Å². The number of nitrogens with two attached hydrogens (primary N) is 1. The SMILES string of the molecule is CN1C=Nc2cc(-c3ccc(C4(N)CC4)cc3)nc(NC3CC3)c2C1. The summed E-state index contributed by atoms with van der Waals surface area (Å²) in [6.45, 7) is 0.843. The lowest BCUT2D eigenvalue weighted by atomic mass is 10.0. The number of hydrogen-bond acceptors (Lipinski definition) is 5. The molecule has 0 radical (unpaired) electrons. The molecule has 3 N–H and O–H groups in total. The molecular formula is C20H23N5. The van der Waals surface area contributed by atoms with Crippen LogP contribution in [0.4, 0.5) is 11.5 Å². The van der Waals surface area contributed by atoms with Crippen molar-refractivity contribution in [1.82, 2.24) is 9.88 Å². The maximum atomic E-state index is 6.30. The topological polar surface area (TPSA) is 66.5 Å². The van der Waals surface area contributed by atoms with E-state index in [1.165, 1.54) is 24.0 Å². The van der Waals surface area contributed by atoms with Crippen LogP contribution in [0.1, 0.15) is 36.8 Å². The molecule has 128 valence electrons. The fourth-order valence-corrected chi connectivity index (χ4v) is 3.36. The predicted molar refractivity (Wildman–Crippen MR) is 101 cm³/mol. The fraction of sp³-hybridized carbons (Fsp3) is 0.400. The van der Waals surface area contributed by atoms with Gasteiger partial charge in [0, 0.05) is 36.3 Å². The van der Waals surface area contributed by atoms with Crippen molar-refractivity contribution in [2.75, 3.05) is 12.4 Å². The Morgan fingerprint density at radius 1 is 1.20 bits per heavy atom. The number of fused-ring (bicyclic) bond motifs is 1. The molecule has 2 heterocycles. The first-order valence-electron chi connectivity index (χ1n) is 9.05. The van der Waals surface area contributed by atoms with Crippen LogP contribution >= 0.6 is 0 Å². The van der Waals surface area contributed by atoms with E-state index < -0.39 is 0 Å². The van der Waals surface area contributed by atoms with E-state index in [4.69, 9.17) is 10.7 Å². The van der Waals surface area contributed by atoms with Crippen LogP contribution in [0.3, 0.4) is 0 Å². The van der Waals surface area contributed by atoms with Gasteiger partial charge in [-0.25, -0.2) is 9.98 Å². The number of nitrogens with zero attached hydrogens (tertiary/aromatic N) is 3. The normalized spacial score (nSPS) is 20.3. The molecule has 0 bridgehead atoms. The number of rotatable bonds is 4. The van der Waals surface area contributed by atoms with Crippen molar-refractivity contribution in [3.63, 3.8) is 0 Å². The second kappa shape index (κ2) is 5.30. The first-order valence-corrected chi connectivity index (χ1v) is 9.05. The smallest absolute Gasteiger partial charge is 0.134 e. The summed E-state index contributed by atoms with van der Waals surface area (Å²) in [5, 5.41) is 3.59. The molecule has 5 nitrogen and oxygen atoms in total. The van der Waals surface area contributed by atoms with Crippen molar-refractivity contribution < 1.29 is 0 Å². The second-order valence-corrected chi connectivity index (χ2v) is 7.67. The molecule has 5 rings (SSSR count). The van der Waals surface area contributed by atoms with E-state index >= 15 is 0 Å². The quantitative estimate of drug-likeness (QED) is 0.900. The molecule has 2 saturated carbocycles. The molecule has 2 aliphatic carbocycles. The average molecular weight is 333 g/mol. The Kier molecular flexibility index (Phi) is 3.16. The molecule has 1 aromatic carbocycles. The third-order valence-electron chi connectivity index (χ3n) is 5.36. The number of anilines is 1. The second-order valence-electron chi connectivity index (χ2n) is 7.67. The van der Waals surface area contributed by atoms with Crippen LogP contribution in [0.5, 0.6) is 0 Å². The molecule has 5 heteroatoms. The maximum Gasteiger partial charge on any atom is 0.134 e. The van der Waals surface area contributed by atoms with E-state index in [0.717, 1.165) is 42.1 Å². The van der Waals surface area contributed by atoms with Gasteiger partial charge in [-0.3, -0.25) is 0 Å². The van der Waals surface area contributed by atoms with Crippen LogP contribution in [0.25, 0.3) is 11.3 Å². The zero-order valence-corrected chi connectivity index (χ0v) is 14.5. The fourth-order valence-electron chi connectivity index (χ4n) is 3.36. The Labute approximate surface area is 148 Å². The lowest BCUT2D eigenvalue weighted by Gasteiger charge is -2.23. The van der Waals surface area contributed by atoms with Gasteiger partial charge in [0.2, 0.25) is 0 Å². The molecular weight excluding hydrogens is 310 g/mol. The van der Waals surface area contributed by atoms with Gasteiger partial charge in [0.25, 0.3) is 0 Å². The summed E-state index contributed by atoms with van der Waals surface area (Å²) < 4.78 is 0. The van der Waals surface area contributed by atoms with Gasteiger partial charge in [0.1, 0.15) is 5.82 Å². The lowest BCUT2D eigenvalue weighted by Crippen LogP contribution is -2.21. The Balaban J connectivity index is 1.54. The Morgan fingerprint density at radius 3 is 2.64 bits per heavy atom. The zero-order chi connectivity index (χ0) is 17.0. The van der Waals surface area contributed by atoms with Crippen LogP contribution in [-0.2, 0) is 12.1 Å². The molecule has 0 spiro atoms. The molecule has 25 heavy (non-hydrogen) atoms.